The van der Waals surface area contributed by atoms with Gasteiger partial charge in [-0.25, -0.2) is 19.0 Å². The molecule has 0 radical (unpaired) electrons. The molecule has 0 aliphatic heterocycles. The van der Waals surface area contributed by atoms with E-state index < -0.39 is 29.1 Å². The molecule has 0 saturated heterocycles. The number of aromatic carboxylic acids is 2. The van der Waals surface area contributed by atoms with Crippen LogP contribution in [0.25, 0.3) is 11.4 Å². The number of nitrogens with one attached hydrogen (secondary N) is 1. The van der Waals surface area contributed by atoms with Crippen molar-refractivity contribution in [2.45, 2.75) is 0 Å². The number of imidazole rings is 1. The largest absolute Gasteiger partial charge is 0.477 e. The highest BCUT2D eigenvalue weighted by Crippen LogP contribution is 2.29. The van der Waals surface area contributed by atoms with Gasteiger partial charge in [-0.1, -0.05) is 17.7 Å². The lowest BCUT2D eigenvalue weighted by atomic mass is 10.2. The number of carboxylic acid groups (broad SMARTS) is 2. The van der Waals surface area contributed by atoms with E-state index in [1.54, 1.807) is 0 Å². The minimum absolute atomic E-state index is 0.0115. The van der Waals surface area contributed by atoms with Crippen molar-refractivity contribution < 1.29 is 24.2 Å². The van der Waals surface area contributed by atoms with Crippen LogP contribution in [0.2, 0.25) is 5.02 Å². The van der Waals surface area contributed by atoms with E-state index in [1.807, 2.05) is 0 Å². The molecule has 0 aliphatic rings. The maximum atomic E-state index is 13.6. The van der Waals surface area contributed by atoms with Crippen molar-refractivity contribution >= 4 is 23.5 Å². The van der Waals surface area contributed by atoms with Gasteiger partial charge in [-0.3, -0.25) is 0 Å². The second-order valence-electron chi connectivity index (χ2n) is 3.52. The standard InChI is InChI=1S/C11H6ClFN2O4/c12-4-2-1-3-5(13)6(4)9-14-7(10(16)17)8(15-9)11(18)19/h1-3H,(H,14,15)(H,16,17)(H,18,19). The average Bonchev–Trinajstić information content (AvgIpc) is 2.73. The van der Waals surface area contributed by atoms with Gasteiger partial charge in [-0.05, 0) is 12.1 Å². The maximum Gasteiger partial charge on any atom is 0.357 e. The van der Waals surface area contributed by atoms with Crippen molar-refractivity contribution in [2.75, 3.05) is 0 Å². The average molecular weight is 285 g/mol. The Bertz CT molecular complexity index is 632. The fraction of sp³-hybridized carbons (Fsp3) is 0. The topological polar surface area (TPSA) is 103 Å². The Morgan fingerprint density at radius 1 is 1.26 bits per heavy atom. The first kappa shape index (κ1) is 13.0. The molecule has 6 nitrogen and oxygen atoms in total. The lowest BCUT2D eigenvalue weighted by Gasteiger charge is -2.01. The molecule has 8 heteroatoms. The van der Waals surface area contributed by atoms with Gasteiger partial charge in [-0.2, -0.15) is 0 Å². The second kappa shape index (κ2) is 4.69. The molecule has 0 unspecified atom stereocenters. The highest BCUT2D eigenvalue weighted by Gasteiger charge is 2.24. The predicted octanol–water partition coefficient (Wildman–Crippen LogP) is 2.27. The Morgan fingerprint density at radius 2 is 1.95 bits per heavy atom. The Labute approximate surface area is 110 Å². The number of aromatic nitrogens is 2. The van der Waals surface area contributed by atoms with Crippen LogP contribution in [0.4, 0.5) is 4.39 Å². The van der Waals surface area contributed by atoms with Gasteiger partial charge in [0.15, 0.2) is 11.4 Å². The number of nitrogens with zero attached hydrogens (tertiary/aromatic N) is 1. The first-order valence-electron chi connectivity index (χ1n) is 4.92. The van der Waals surface area contributed by atoms with Crippen LogP contribution in [0.1, 0.15) is 21.0 Å². The molecule has 98 valence electrons. The Hall–Kier alpha value is -2.41. The van der Waals surface area contributed by atoms with Crippen molar-refractivity contribution in [3.05, 3.63) is 40.4 Å². The molecule has 0 fully saturated rings. The summed E-state index contributed by atoms with van der Waals surface area (Å²) in [5.41, 5.74) is -1.53. The molecule has 19 heavy (non-hydrogen) atoms. The molecule has 2 aromatic rings. The fourth-order valence-corrected chi connectivity index (χ4v) is 1.78. The molecule has 3 N–H and O–H groups in total. The third-order valence-corrected chi connectivity index (χ3v) is 2.63. The van der Waals surface area contributed by atoms with Crippen molar-refractivity contribution in [3.8, 4) is 11.4 Å². The molecule has 1 aromatic carbocycles. The summed E-state index contributed by atoms with van der Waals surface area (Å²) in [6, 6.07) is 3.84. The Balaban J connectivity index is 2.68. The third kappa shape index (κ3) is 2.27. The predicted molar refractivity (Wildman–Crippen MR) is 62.9 cm³/mol. The van der Waals surface area contributed by atoms with Crippen molar-refractivity contribution in [1.29, 1.82) is 0 Å². The highest BCUT2D eigenvalue weighted by atomic mass is 35.5. The first-order chi connectivity index (χ1) is 8.91. The minimum Gasteiger partial charge on any atom is -0.477 e. The number of rotatable bonds is 3. The molecule has 0 atom stereocenters. The molecular weight excluding hydrogens is 279 g/mol. The van der Waals surface area contributed by atoms with Gasteiger partial charge < -0.3 is 15.2 Å². The van der Waals surface area contributed by atoms with E-state index >= 15 is 0 Å². The fourth-order valence-electron chi connectivity index (χ4n) is 1.53. The summed E-state index contributed by atoms with van der Waals surface area (Å²) in [7, 11) is 0. The molecular formula is C11H6ClFN2O4. The van der Waals surface area contributed by atoms with E-state index in [4.69, 9.17) is 21.8 Å². The van der Waals surface area contributed by atoms with Gasteiger partial charge in [0.1, 0.15) is 11.6 Å². The van der Waals surface area contributed by atoms with Gasteiger partial charge in [0.05, 0.1) is 10.6 Å². The van der Waals surface area contributed by atoms with Crippen LogP contribution in [0.5, 0.6) is 0 Å². The van der Waals surface area contributed by atoms with Crippen LogP contribution in [0, 0.1) is 5.82 Å². The lowest BCUT2D eigenvalue weighted by Crippen LogP contribution is -2.07. The monoisotopic (exact) mass is 284 g/mol. The van der Waals surface area contributed by atoms with Crippen LogP contribution in [0.3, 0.4) is 0 Å². The number of hydrogen-bond acceptors (Lipinski definition) is 3. The summed E-state index contributed by atoms with van der Waals surface area (Å²) >= 11 is 5.79. The normalized spacial score (nSPS) is 10.4. The summed E-state index contributed by atoms with van der Waals surface area (Å²) in [5.74, 6) is -4.04. The van der Waals surface area contributed by atoms with E-state index in [9.17, 15) is 14.0 Å². The van der Waals surface area contributed by atoms with Gasteiger partial charge in [0, 0.05) is 0 Å². The number of carboxylic acids is 2. The summed E-state index contributed by atoms with van der Waals surface area (Å²) in [5, 5.41) is 17.7. The number of benzene rings is 1. The zero-order valence-corrected chi connectivity index (χ0v) is 9.90. The van der Waals surface area contributed by atoms with E-state index in [-0.39, 0.29) is 16.4 Å². The zero-order chi connectivity index (χ0) is 14.2. The van der Waals surface area contributed by atoms with Crippen LogP contribution < -0.4 is 0 Å². The molecule has 0 spiro atoms. The summed E-state index contributed by atoms with van der Waals surface area (Å²) in [6.07, 6.45) is 0. The van der Waals surface area contributed by atoms with Gasteiger partial charge >= 0.3 is 11.9 Å². The van der Waals surface area contributed by atoms with E-state index in [2.05, 4.69) is 9.97 Å². The SMILES string of the molecule is O=C(O)c1nc(-c2c(F)cccc2Cl)[nH]c1C(=O)O. The summed E-state index contributed by atoms with van der Waals surface area (Å²) in [6.45, 7) is 0. The second-order valence-corrected chi connectivity index (χ2v) is 3.92. The molecule has 1 aromatic heterocycles. The van der Waals surface area contributed by atoms with Gasteiger partial charge in [0.2, 0.25) is 0 Å². The number of aromatic amines is 1. The van der Waals surface area contributed by atoms with Crippen LogP contribution >= 0.6 is 11.6 Å². The van der Waals surface area contributed by atoms with E-state index in [1.165, 1.54) is 12.1 Å². The molecule has 0 amide bonds. The van der Waals surface area contributed by atoms with Crippen LogP contribution in [-0.2, 0) is 0 Å². The minimum atomic E-state index is -1.53. The van der Waals surface area contributed by atoms with Crippen molar-refractivity contribution in [2.24, 2.45) is 0 Å². The number of hydrogen-bond donors (Lipinski definition) is 3. The Morgan fingerprint density at radius 3 is 2.42 bits per heavy atom. The molecule has 0 bridgehead atoms. The van der Waals surface area contributed by atoms with Crippen LogP contribution in [0.15, 0.2) is 18.2 Å². The molecule has 1 heterocycles. The van der Waals surface area contributed by atoms with Crippen LogP contribution in [-0.4, -0.2) is 32.1 Å². The summed E-state index contributed by atoms with van der Waals surface area (Å²) < 4.78 is 13.6. The number of halogens is 2. The van der Waals surface area contributed by atoms with Crippen molar-refractivity contribution in [1.82, 2.24) is 9.97 Å². The number of carbonyl (C=O) groups is 2. The first-order valence-corrected chi connectivity index (χ1v) is 5.30. The third-order valence-electron chi connectivity index (χ3n) is 2.32. The van der Waals surface area contributed by atoms with E-state index in [0.717, 1.165) is 6.07 Å². The van der Waals surface area contributed by atoms with Gasteiger partial charge in [-0.15, -0.1) is 0 Å². The van der Waals surface area contributed by atoms with E-state index in [0.29, 0.717) is 0 Å². The highest BCUT2D eigenvalue weighted by molar-refractivity contribution is 6.33. The maximum absolute atomic E-state index is 13.6. The Kier molecular flexibility index (Phi) is 3.22. The van der Waals surface area contributed by atoms with Crippen molar-refractivity contribution in [3.63, 3.8) is 0 Å². The molecule has 0 aliphatic carbocycles. The smallest absolute Gasteiger partial charge is 0.357 e. The van der Waals surface area contributed by atoms with Gasteiger partial charge in [0.25, 0.3) is 0 Å². The zero-order valence-electron chi connectivity index (χ0n) is 9.15. The molecule has 2 rings (SSSR count). The molecule has 0 saturated carbocycles. The number of H-pyrrole nitrogens is 1. The lowest BCUT2D eigenvalue weighted by molar-refractivity contribution is 0.0644. The quantitative estimate of drug-likeness (QED) is 0.802. The summed E-state index contributed by atoms with van der Waals surface area (Å²) in [4.78, 5) is 27.6.